The van der Waals surface area contributed by atoms with Crippen molar-refractivity contribution >= 4 is 5.78 Å². The number of epoxide rings is 1. The number of hydrogen-bond acceptors (Lipinski definition) is 4. The van der Waals surface area contributed by atoms with Gasteiger partial charge in [0.2, 0.25) is 0 Å². The molecule has 6 fully saturated rings. The van der Waals surface area contributed by atoms with E-state index in [0.717, 1.165) is 31.3 Å². The fraction of sp³-hybridized carbons (Fsp3) is 0.889. The summed E-state index contributed by atoms with van der Waals surface area (Å²) in [4.78, 5) is 12.3. The number of ether oxygens (including phenoxy) is 3. The molecule has 12 atom stereocenters. The van der Waals surface area contributed by atoms with Crippen LogP contribution in [0.3, 0.4) is 0 Å². The second-order valence-electron chi connectivity index (χ2n) is 12.8. The van der Waals surface area contributed by atoms with Crippen LogP contribution in [0.2, 0.25) is 0 Å². The van der Waals surface area contributed by atoms with Crippen LogP contribution >= 0.6 is 0 Å². The highest BCUT2D eigenvalue weighted by atomic mass is 16.7. The van der Waals surface area contributed by atoms with Gasteiger partial charge in [-0.2, -0.15) is 0 Å². The number of rotatable bonds is 0. The molecular weight excluding hydrogens is 388 g/mol. The molecule has 0 bridgehead atoms. The minimum Gasteiger partial charge on any atom is -0.360 e. The van der Waals surface area contributed by atoms with Crippen molar-refractivity contribution in [2.24, 2.45) is 46.3 Å². The van der Waals surface area contributed by atoms with Gasteiger partial charge in [0, 0.05) is 17.8 Å². The van der Waals surface area contributed by atoms with Crippen LogP contribution < -0.4 is 0 Å². The number of ketones is 1. The summed E-state index contributed by atoms with van der Waals surface area (Å²) in [6.45, 7) is 10.6. The van der Waals surface area contributed by atoms with E-state index in [0.29, 0.717) is 35.2 Å². The Morgan fingerprint density at radius 3 is 2.68 bits per heavy atom. The lowest BCUT2D eigenvalue weighted by Crippen LogP contribution is -2.54. The van der Waals surface area contributed by atoms with Gasteiger partial charge < -0.3 is 14.2 Å². The van der Waals surface area contributed by atoms with Crippen molar-refractivity contribution < 1.29 is 19.0 Å². The predicted molar refractivity (Wildman–Crippen MR) is 116 cm³/mol. The van der Waals surface area contributed by atoms with Crippen LogP contribution in [0.25, 0.3) is 0 Å². The molecule has 7 rings (SSSR count). The van der Waals surface area contributed by atoms with Gasteiger partial charge >= 0.3 is 0 Å². The van der Waals surface area contributed by atoms with Gasteiger partial charge in [0.25, 0.3) is 0 Å². The quantitative estimate of drug-likeness (QED) is 0.517. The third-order valence-electron chi connectivity index (χ3n) is 11.6. The molecule has 0 aromatic carbocycles. The fourth-order valence-corrected chi connectivity index (χ4v) is 9.94. The molecule has 0 aromatic heterocycles. The van der Waals surface area contributed by atoms with Crippen molar-refractivity contribution in [3.63, 3.8) is 0 Å². The summed E-state index contributed by atoms with van der Waals surface area (Å²) in [5.74, 6) is 3.79. The highest BCUT2D eigenvalue weighted by Gasteiger charge is 2.71. The van der Waals surface area contributed by atoms with Crippen LogP contribution in [0.5, 0.6) is 0 Å². The Kier molecular flexibility index (Phi) is 3.85. The van der Waals surface area contributed by atoms with E-state index in [-0.39, 0.29) is 29.2 Å². The molecule has 3 heterocycles. The van der Waals surface area contributed by atoms with E-state index in [2.05, 4.69) is 27.7 Å². The molecule has 3 saturated carbocycles. The van der Waals surface area contributed by atoms with Gasteiger partial charge in [-0.15, -0.1) is 0 Å². The van der Waals surface area contributed by atoms with E-state index in [1.54, 1.807) is 0 Å². The van der Waals surface area contributed by atoms with Crippen molar-refractivity contribution in [1.29, 1.82) is 0 Å². The Morgan fingerprint density at radius 1 is 1.06 bits per heavy atom. The van der Waals surface area contributed by atoms with Crippen LogP contribution in [0.15, 0.2) is 11.6 Å². The van der Waals surface area contributed by atoms with Crippen LogP contribution in [0.1, 0.15) is 72.6 Å². The second kappa shape index (κ2) is 6.04. The van der Waals surface area contributed by atoms with Gasteiger partial charge in [0.05, 0.1) is 12.7 Å². The zero-order chi connectivity index (χ0) is 21.3. The normalized spacial score (nSPS) is 61.7. The Morgan fingerprint density at radius 2 is 1.90 bits per heavy atom. The fourth-order valence-electron chi connectivity index (χ4n) is 9.94. The number of carbonyl (C=O) groups excluding carboxylic acids is 1. The van der Waals surface area contributed by atoms with Gasteiger partial charge in [-0.3, -0.25) is 4.79 Å². The summed E-state index contributed by atoms with van der Waals surface area (Å²) in [6.07, 6.45) is 10.7. The third kappa shape index (κ3) is 2.30. The maximum atomic E-state index is 12.3. The first-order chi connectivity index (χ1) is 14.8. The van der Waals surface area contributed by atoms with E-state index in [1.807, 2.05) is 6.08 Å². The lowest BCUT2D eigenvalue weighted by molar-refractivity contribution is -0.272. The molecule has 0 amide bonds. The molecular formula is C27H38O4. The maximum Gasteiger partial charge on any atom is 0.187 e. The average Bonchev–Trinajstić information content (AvgIpc) is 3.45. The molecule has 0 N–H and O–H groups in total. The van der Waals surface area contributed by atoms with Crippen molar-refractivity contribution in [2.75, 3.05) is 6.61 Å². The van der Waals surface area contributed by atoms with E-state index < -0.39 is 0 Å². The summed E-state index contributed by atoms with van der Waals surface area (Å²) < 4.78 is 19.3. The van der Waals surface area contributed by atoms with Crippen molar-refractivity contribution in [3.8, 4) is 0 Å². The second-order valence-corrected chi connectivity index (χ2v) is 12.8. The molecule has 3 aliphatic heterocycles. The van der Waals surface area contributed by atoms with Crippen LogP contribution in [0.4, 0.5) is 0 Å². The van der Waals surface area contributed by atoms with E-state index in [9.17, 15) is 4.79 Å². The molecule has 7 aliphatic rings. The molecule has 4 heteroatoms. The smallest absolute Gasteiger partial charge is 0.187 e. The molecule has 4 aliphatic carbocycles. The monoisotopic (exact) mass is 426 g/mol. The minimum absolute atomic E-state index is 0.0802. The molecule has 3 saturated heterocycles. The topological polar surface area (TPSA) is 48.1 Å². The zero-order valence-corrected chi connectivity index (χ0v) is 19.6. The minimum atomic E-state index is -0.320. The first kappa shape index (κ1) is 19.7. The lowest BCUT2D eigenvalue weighted by Gasteiger charge is -2.58. The lowest BCUT2D eigenvalue weighted by atomic mass is 9.46. The molecule has 170 valence electrons. The molecule has 4 nitrogen and oxygen atoms in total. The van der Waals surface area contributed by atoms with E-state index in [1.165, 1.54) is 37.7 Å². The van der Waals surface area contributed by atoms with Gasteiger partial charge in [0.1, 0.15) is 12.2 Å². The Hall–Kier alpha value is -0.710. The molecule has 31 heavy (non-hydrogen) atoms. The van der Waals surface area contributed by atoms with Gasteiger partial charge in [-0.05, 0) is 79.6 Å². The van der Waals surface area contributed by atoms with Gasteiger partial charge in [-0.1, -0.05) is 33.3 Å². The Balaban J connectivity index is 1.19. The summed E-state index contributed by atoms with van der Waals surface area (Å²) >= 11 is 0. The third-order valence-corrected chi connectivity index (χ3v) is 11.6. The SMILES string of the molecule is C[C@@H]1CCC2(OC1)O[C@H]1C[C@H]3[C@@H]4CCC5=CC(=O)C6OC6[C@]5(C)[C@H]4CC[C@]3(C)[C@H]1[C@@H]2C. The van der Waals surface area contributed by atoms with Crippen LogP contribution in [-0.4, -0.2) is 36.5 Å². The number of carbonyl (C=O) groups is 1. The van der Waals surface area contributed by atoms with Crippen LogP contribution in [0, 0.1) is 46.3 Å². The number of hydrogen-bond donors (Lipinski definition) is 0. The Bertz CT molecular complexity index is 855. The summed E-state index contributed by atoms with van der Waals surface area (Å²) in [6, 6.07) is 0. The van der Waals surface area contributed by atoms with Crippen LogP contribution in [-0.2, 0) is 19.0 Å². The molecule has 0 aromatic rings. The summed E-state index contributed by atoms with van der Waals surface area (Å²) in [5, 5.41) is 0. The summed E-state index contributed by atoms with van der Waals surface area (Å²) in [5.41, 5.74) is 1.83. The van der Waals surface area contributed by atoms with E-state index >= 15 is 0 Å². The van der Waals surface area contributed by atoms with Gasteiger partial charge in [0.15, 0.2) is 11.6 Å². The molecule has 1 spiro atoms. The molecule has 3 unspecified atom stereocenters. The standard InChI is InChI=1S/C27H38O4/c1-14-7-10-27(29-13-14)15(2)22-21(31-27)12-19-17-6-5-16-11-20(28)23-24(30-23)26(16,4)18(17)8-9-25(19,22)3/h11,14-15,17-19,21-24H,5-10,12-13H2,1-4H3/t14-,15+,17-,18+,19+,21+,22+,23?,24?,25+,26+,27?/m1/s1. The maximum absolute atomic E-state index is 12.3. The van der Waals surface area contributed by atoms with Gasteiger partial charge in [-0.25, -0.2) is 0 Å². The first-order valence-electron chi connectivity index (χ1n) is 13.0. The highest BCUT2D eigenvalue weighted by molar-refractivity contribution is 5.98. The molecule has 0 radical (unpaired) electrons. The Labute approximate surface area is 186 Å². The van der Waals surface area contributed by atoms with E-state index in [4.69, 9.17) is 14.2 Å². The largest absolute Gasteiger partial charge is 0.360 e. The number of fused-ring (bicyclic) bond motifs is 9. The average molecular weight is 427 g/mol. The van der Waals surface area contributed by atoms with Crippen molar-refractivity contribution in [3.05, 3.63) is 11.6 Å². The first-order valence-corrected chi connectivity index (χ1v) is 13.0. The van der Waals surface area contributed by atoms with Crippen molar-refractivity contribution in [1.82, 2.24) is 0 Å². The zero-order valence-electron chi connectivity index (χ0n) is 19.6. The summed E-state index contributed by atoms with van der Waals surface area (Å²) in [7, 11) is 0. The predicted octanol–water partition coefficient (Wildman–Crippen LogP) is 4.91. The van der Waals surface area contributed by atoms with Crippen molar-refractivity contribution in [2.45, 2.75) is 96.7 Å². The highest BCUT2D eigenvalue weighted by Crippen LogP contribution is 2.72.